The van der Waals surface area contributed by atoms with Gasteiger partial charge in [-0.25, -0.2) is 0 Å². The molecule has 0 aromatic carbocycles. The van der Waals surface area contributed by atoms with Crippen LogP contribution in [-0.2, 0) is 0 Å². The number of aliphatic hydroxyl groups excluding tert-OH is 1. The lowest BCUT2D eigenvalue weighted by Crippen LogP contribution is -2.46. The van der Waals surface area contributed by atoms with Crippen molar-refractivity contribution in [3.05, 3.63) is 0 Å². The first-order valence-corrected chi connectivity index (χ1v) is 7.62. The molecule has 3 unspecified atom stereocenters. The molecule has 1 aliphatic rings. The Labute approximate surface area is 113 Å². The largest absolute Gasteiger partial charge is 0.395 e. The van der Waals surface area contributed by atoms with Gasteiger partial charge in [-0.2, -0.15) is 0 Å². The molecule has 0 aliphatic carbocycles. The molecule has 1 fully saturated rings. The van der Waals surface area contributed by atoms with Gasteiger partial charge in [0.2, 0.25) is 0 Å². The Morgan fingerprint density at radius 3 is 2.67 bits per heavy atom. The summed E-state index contributed by atoms with van der Waals surface area (Å²) in [4.78, 5) is 2.51. The third kappa shape index (κ3) is 4.22. The van der Waals surface area contributed by atoms with Crippen molar-refractivity contribution in [2.75, 3.05) is 32.8 Å². The fourth-order valence-corrected chi connectivity index (χ4v) is 3.32. The minimum Gasteiger partial charge on any atom is -0.395 e. The summed E-state index contributed by atoms with van der Waals surface area (Å²) in [5.74, 6) is 0.639. The van der Waals surface area contributed by atoms with Gasteiger partial charge in [0.05, 0.1) is 6.61 Å². The molecule has 0 amide bonds. The Morgan fingerprint density at radius 2 is 2.11 bits per heavy atom. The van der Waals surface area contributed by atoms with E-state index < -0.39 is 0 Å². The fourth-order valence-electron chi connectivity index (χ4n) is 3.32. The topological polar surface area (TPSA) is 35.5 Å². The predicted molar refractivity (Wildman–Crippen MR) is 77.8 cm³/mol. The summed E-state index contributed by atoms with van der Waals surface area (Å²) in [6, 6.07) is 0.378. The van der Waals surface area contributed by atoms with Crippen molar-refractivity contribution in [2.45, 2.75) is 53.0 Å². The van der Waals surface area contributed by atoms with Crippen LogP contribution in [0.1, 0.15) is 47.0 Å². The standard InChI is InChI=1S/C15H32N2O/c1-5-8-15(4,11-16-6-2)12-17-9-7-13(3)14(17)10-18/h13-14,16,18H,5-12H2,1-4H3. The first kappa shape index (κ1) is 15.9. The zero-order valence-electron chi connectivity index (χ0n) is 12.7. The molecular formula is C15H32N2O. The van der Waals surface area contributed by atoms with E-state index in [4.69, 9.17) is 0 Å². The van der Waals surface area contributed by atoms with Crippen molar-refractivity contribution in [3.8, 4) is 0 Å². The average molecular weight is 256 g/mol. The molecule has 0 spiro atoms. The monoisotopic (exact) mass is 256 g/mol. The van der Waals surface area contributed by atoms with Crippen LogP contribution in [0.4, 0.5) is 0 Å². The molecule has 1 saturated heterocycles. The van der Waals surface area contributed by atoms with E-state index >= 15 is 0 Å². The molecule has 0 bridgehead atoms. The second-order valence-electron chi connectivity index (χ2n) is 6.33. The van der Waals surface area contributed by atoms with E-state index in [0.29, 0.717) is 24.0 Å². The van der Waals surface area contributed by atoms with E-state index in [0.717, 1.165) is 26.2 Å². The Morgan fingerprint density at radius 1 is 1.39 bits per heavy atom. The molecule has 0 radical (unpaired) electrons. The minimum atomic E-state index is 0.310. The van der Waals surface area contributed by atoms with Gasteiger partial charge in [-0.05, 0) is 37.3 Å². The number of nitrogens with zero attached hydrogens (tertiary/aromatic N) is 1. The summed E-state index contributed by atoms with van der Waals surface area (Å²) in [6.07, 6.45) is 3.72. The van der Waals surface area contributed by atoms with Crippen LogP contribution < -0.4 is 5.32 Å². The van der Waals surface area contributed by atoms with E-state index in [1.807, 2.05) is 0 Å². The van der Waals surface area contributed by atoms with Gasteiger partial charge in [-0.15, -0.1) is 0 Å². The Kier molecular flexibility index (Phi) is 6.61. The third-order valence-electron chi connectivity index (χ3n) is 4.42. The van der Waals surface area contributed by atoms with Crippen LogP contribution in [0.2, 0.25) is 0 Å². The lowest BCUT2D eigenvalue weighted by molar-refractivity contribution is 0.0911. The van der Waals surface area contributed by atoms with Gasteiger partial charge < -0.3 is 10.4 Å². The van der Waals surface area contributed by atoms with E-state index in [1.165, 1.54) is 19.3 Å². The lowest BCUT2D eigenvalue weighted by atomic mass is 9.84. The summed E-state index contributed by atoms with van der Waals surface area (Å²) in [5, 5.41) is 13.1. The summed E-state index contributed by atoms with van der Waals surface area (Å²) in [6.45, 7) is 13.8. The second kappa shape index (κ2) is 7.46. The van der Waals surface area contributed by atoms with Gasteiger partial charge in [0.15, 0.2) is 0 Å². The molecule has 3 heteroatoms. The molecule has 1 aliphatic heterocycles. The zero-order chi connectivity index (χ0) is 13.6. The van der Waals surface area contributed by atoms with E-state index in [9.17, 15) is 5.11 Å². The van der Waals surface area contributed by atoms with Gasteiger partial charge in [0.1, 0.15) is 0 Å². The summed E-state index contributed by atoms with van der Waals surface area (Å²) in [7, 11) is 0. The molecular weight excluding hydrogens is 224 g/mol. The van der Waals surface area contributed by atoms with E-state index in [-0.39, 0.29) is 0 Å². The summed E-state index contributed by atoms with van der Waals surface area (Å²) >= 11 is 0. The van der Waals surface area contributed by atoms with Crippen molar-refractivity contribution in [1.82, 2.24) is 10.2 Å². The van der Waals surface area contributed by atoms with Crippen LogP contribution >= 0.6 is 0 Å². The van der Waals surface area contributed by atoms with E-state index in [1.54, 1.807) is 0 Å². The van der Waals surface area contributed by atoms with Gasteiger partial charge in [0.25, 0.3) is 0 Å². The van der Waals surface area contributed by atoms with Crippen LogP contribution in [0.3, 0.4) is 0 Å². The Hall–Kier alpha value is -0.120. The van der Waals surface area contributed by atoms with Crippen molar-refractivity contribution in [3.63, 3.8) is 0 Å². The highest BCUT2D eigenvalue weighted by molar-refractivity contribution is 4.89. The smallest absolute Gasteiger partial charge is 0.0589 e. The van der Waals surface area contributed by atoms with Crippen molar-refractivity contribution >= 4 is 0 Å². The molecule has 0 aromatic rings. The first-order chi connectivity index (χ1) is 8.56. The first-order valence-electron chi connectivity index (χ1n) is 7.62. The Bertz CT molecular complexity index is 235. The number of nitrogens with one attached hydrogen (secondary N) is 1. The van der Waals surface area contributed by atoms with Crippen molar-refractivity contribution in [2.24, 2.45) is 11.3 Å². The lowest BCUT2D eigenvalue weighted by Gasteiger charge is -2.37. The van der Waals surface area contributed by atoms with Gasteiger partial charge in [0, 0.05) is 19.1 Å². The summed E-state index contributed by atoms with van der Waals surface area (Å²) in [5.41, 5.74) is 0.336. The molecule has 0 saturated carbocycles. The molecule has 3 atom stereocenters. The molecule has 0 aromatic heterocycles. The molecule has 1 heterocycles. The quantitative estimate of drug-likeness (QED) is 0.698. The molecule has 18 heavy (non-hydrogen) atoms. The molecule has 1 rings (SSSR count). The highest BCUT2D eigenvalue weighted by Gasteiger charge is 2.35. The van der Waals surface area contributed by atoms with Crippen LogP contribution in [-0.4, -0.2) is 48.8 Å². The molecule has 108 valence electrons. The average Bonchev–Trinajstić information content (AvgIpc) is 2.67. The van der Waals surface area contributed by atoms with Crippen LogP contribution in [0.5, 0.6) is 0 Å². The minimum absolute atomic E-state index is 0.310. The van der Waals surface area contributed by atoms with Crippen LogP contribution in [0, 0.1) is 11.3 Å². The van der Waals surface area contributed by atoms with Crippen molar-refractivity contribution in [1.29, 1.82) is 0 Å². The maximum absolute atomic E-state index is 9.55. The second-order valence-corrected chi connectivity index (χ2v) is 6.33. The highest BCUT2D eigenvalue weighted by Crippen LogP contribution is 2.30. The van der Waals surface area contributed by atoms with Crippen LogP contribution in [0.15, 0.2) is 0 Å². The van der Waals surface area contributed by atoms with Crippen molar-refractivity contribution < 1.29 is 5.11 Å². The third-order valence-corrected chi connectivity index (χ3v) is 4.42. The van der Waals surface area contributed by atoms with Gasteiger partial charge in [-0.3, -0.25) is 4.90 Å². The maximum atomic E-state index is 9.55. The molecule has 3 nitrogen and oxygen atoms in total. The van der Waals surface area contributed by atoms with E-state index in [2.05, 4.69) is 37.9 Å². The number of aliphatic hydroxyl groups is 1. The molecule has 2 N–H and O–H groups in total. The number of hydrogen-bond donors (Lipinski definition) is 2. The zero-order valence-corrected chi connectivity index (χ0v) is 12.7. The maximum Gasteiger partial charge on any atom is 0.0589 e. The Balaban J connectivity index is 2.59. The van der Waals surface area contributed by atoms with Gasteiger partial charge in [-0.1, -0.05) is 34.1 Å². The van der Waals surface area contributed by atoms with Gasteiger partial charge >= 0.3 is 0 Å². The highest BCUT2D eigenvalue weighted by atomic mass is 16.3. The SMILES string of the molecule is CCCC(C)(CNCC)CN1CCC(C)C1CO. The normalized spacial score (nSPS) is 28.5. The van der Waals surface area contributed by atoms with Crippen LogP contribution in [0.25, 0.3) is 0 Å². The predicted octanol–water partition coefficient (Wildman–Crippen LogP) is 2.11. The fraction of sp³-hybridized carbons (Fsp3) is 1.00. The number of rotatable bonds is 8. The number of likely N-dealkylation sites (tertiary alicyclic amines) is 1. The summed E-state index contributed by atoms with van der Waals surface area (Å²) < 4.78 is 0. The number of hydrogen-bond acceptors (Lipinski definition) is 3.